The maximum Gasteiger partial charge on any atom is 0.323 e. The molecule has 0 saturated carbocycles. The molecule has 0 aliphatic carbocycles. The molecule has 2 N–H and O–H groups in total. The number of benzene rings is 2. The summed E-state index contributed by atoms with van der Waals surface area (Å²) in [5.41, 5.74) is 3.86. The Morgan fingerprint density at radius 3 is 2.63 bits per heavy atom. The Kier molecular flexibility index (Phi) is 6.11. The Labute approximate surface area is 180 Å². The number of hydrogen-bond acceptors (Lipinski definition) is 5. The van der Waals surface area contributed by atoms with Gasteiger partial charge in [0, 0.05) is 35.1 Å². The molecule has 2 heterocycles. The number of aromatic nitrogens is 2. The van der Waals surface area contributed by atoms with E-state index in [0.29, 0.717) is 29.6 Å². The lowest BCUT2D eigenvalue weighted by Crippen LogP contribution is -2.36. The van der Waals surface area contributed by atoms with Crippen molar-refractivity contribution in [1.29, 1.82) is 0 Å². The van der Waals surface area contributed by atoms with Gasteiger partial charge < -0.3 is 20.3 Å². The molecule has 1 aromatic heterocycles. The number of ether oxygens (including phenoxy) is 1. The number of hydrogen-bond donors (Lipinski definition) is 2. The molecule has 4 rings (SSSR count). The van der Waals surface area contributed by atoms with Crippen LogP contribution in [0, 0.1) is 6.92 Å². The number of urea groups is 1. The second-order valence-electron chi connectivity index (χ2n) is 7.00. The van der Waals surface area contributed by atoms with Crippen LogP contribution in [0.25, 0.3) is 11.3 Å². The van der Waals surface area contributed by atoms with Crippen LogP contribution in [0.4, 0.5) is 22.0 Å². The van der Waals surface area contributed by atoms with Crippen LogP contribution in [-0.2, 0) is 4.74 Å². The standard InChI is InChI=1S/C22H22ClN5O2/c1-15-5-6-17(23)14-20(15)25-22(29)24-18-4-2-3-16(13-18)19-7-8-21(27-26-19)28-9-11-30-12-10-28/h2-8,13-14H,9-12H2,1H3,(H2,24,25,29). The first-order valence-electron chi connectivity index (χ1n) is 9.69. The third kappa shape index (κ3) is 4.87. The van der Waals surface area contributed by atoms with Crippen molar-refractivity contribution in [1.82, 2.24) is 10.2 Å². The first kappa shape index (κ1) is 20.1. The maximum absolute atomic E-state index is 12.4. The molecule has 7 nitrogen and oxygen atoms in total. The highest BCUT2D eigenvalue weighted by atomic mass is 35.5. The van der Waals surface area contributed by atoms with Crippen molar-refractivity contribution in [2.45, 2.75) is 6.92 Å². The number of anilines is 3. The lowest BCUT2D eigenvalue weighted by atomic mass is 10.1. The molecule has 1 aliphatic rings. The maximum atomic E-state index is 12.4. The number of rotatable bonds is 4. The highest BCUT2D eigenvalue weighted by molar-refractivity contribution is 6.31. The summed E-state index contributed by atoms with van der Waals surface area (Å²) in [6, 6.07) is 16.4. The second kappa shape index (κ2) is 9.11. The minimum atomic E-state index is -0.341. The van der Waals surface area contributed by atoms with E-state index in [4.69, 9.17) is 16.3 Å². The van der Waals surface area contributed by atoms with Crippen LogP contribution in [0.15, 0.2) is 54.6 Å². The van der Waals surface area contributed by atoms with Crippen LogP contribution < -0.4 is 15.5 Å². The zero-order valence-electron chi connectivity index (χ0n) is 16.6. The van der Waals surface area contributed by atoms with Gasteiger partial charge >= 0.3 is 6.03 Å². The molecule has 30 heavy (non-hydrogen) atoms. The number of carbonyl (C=O) groups excluding carboxylic acids is 1. The zero-order valence-corrected chi connectivity index (χ0v) is 17.3. The predicted octanol–water partition coefficient (Wildman–Crippen LogP) is 4.59. The van der Waals surface area contributed by atoms with Crippen molar-refractivity contribution in [3.05, 3.63) is 65.2 Å². The van der Waals surface area contributed by atoms with Crippen molar-refractivity contribution in [2.75, 3.05) is 41.8 Å². The largest absolute Gasteiger partial charge is 0.378 e. The Hall–Kier alpha value is -3.16. The molecular weight excluding hydrogens is 402 g/mol. The molecule has 0 spiro atoms. The van der Waals surface area contributed by atoms with E-state index in [1.165, 1.54) is 0 Å². The highest BCUT2D eigenvalue weighted by Crippen LogP contribution is 2.23. The van der Waals surface area contributed by atoms with Gasteiger partial charge in [0.2, 0.25) is 0 Å². The predicted molar refractivity (Wildman–Crippen MR) is 119 cm³/mol. The van der Waals surface area contributed by atoms with Gasteiger partial charge in [-0.15, -0.1) is 10.2 Å². The van der Waals surface area contributed by atoms with E-state index >= 15 is 0 Å². The van der Waals surface area contributed by atoms with E-state index in [0.717, 1.165) is 35.7 Å². The summed E-state index contributed by atoms with van der Waals surface area (Å²) in [7, 11) is 0. The molecule has 2 amide bonds. The zero-order chi connectivity index (χ0) is 20.9. The van der Waals surface area contributed by atoms with Crippen LogP contribution in [0.1, 0.15) is 5.56 Å². The normalized spacial score (nSPS) is 13.7. The highest BCUT2D eigenvalue weighted by Gasteiger charge is 2.13. The van der Waals surface area contributed by atoms with Gasteiger partial charge in [-0.3, -0.25) is 0 Å². The topological polar surface area (TPSA) is 79.4 Å². The lowest BCUT2D eigenvalue weighted by molar-refractivity contribution is 0.122. The summed E-state index contributed by atoms with van der Waals surface area (Å²) in [5.74, 6) is 0.840. The fourth-order valence-electron chi connectivity index (χ4n) is 3.21. The van der Waals surface area contributed by atoms with Crippen molar-refractivity contribution >= 4 is 34.8 Å². The quantitative estimate of drug-likeness (QED) is 0.641. The fraction of sp³-hybridized carbons (Fsp3) is 0.227. The van der Waals surface area contributed by atoms with E-state index in [1.807, 2.05) is 49.4 Å². The first-order valence-corrected chi connectivity index (χ1v) is 10.1. The van der Waals surface area contributed by atoms with Crippen molar-refractivity contribution in [3.8, 4) is 11.3 Å². The Morgan fingerprint density at radius 1 is 1.03 bits per heavy atom. The molecular formula is C22H22ClN5O2. The van der Waals surface area contributed by atoms with Crippen LogP contribution in [0.2, 0.25) is 5.02 Å². The second-order valence-corrected chi connectivity index (χ2v) is 7.43. The Balaban J connectivity index is 1.44. The van der Waals surface area contributed by atoms with Gasteiger partial charge in [-0.2, -0.15) is 0 Å². The van der Waals surface area contributed by atoms with E-state index in [9.17, 15) is 4.79 Å². The molecule has 1 saturated heterocycles. The summed E-state index contributed by atoms with van der Waals surface area (Å²) in [6.45, 7) is 4.94. The average molecular weight is 424 g/mol. The SMILES string of the molecule is Cc1ccc(Cl)cc1NC(=O)Nc1cccc(-c2ccc(N3CCOCC3)nn2)c1. The fourth-order valence-corrected chi connectivity index (χ4v) is 3.38. The molecule has 3 aromatic rings. The van der Waals surface area contributed by atoms with Crippen LogP contribution in [0.3, 0.4) is 0 Å². The first-order chi connectivity index (χ1) is 14.6. The van der Waals surface area contributed by atoms with E-state index < -0.39 is 0 Å². The van der Waals surface area contributed by atoms with Crippen molar-refractivity contribution in [3.63, 3.8) is 0 Å². The smallest absolute Gasteiger partial charge is 0.323 e. The average Bonchev–Trinajstić information content (AvgIpc) is 2.77. The molecule has 0 atom stereocenters. The summed E-state index contributed by atoms with van der Waals surface area (Å²) < 4.78 is 5.37. The van der Waals surface area contributed by atoms with Crippen molar-refractivity contribution < 1.29 is 9.53 Å². The minimum absolute atomic E-state index is 0.341. The number of nitrogens with one attached hydrogen (secondary N) is 2. The van der Waals surface area contributed by atoms with Gasteiger partial charge in [-0.25, -0.2) is 4.79 Å². The molecule has 8 heteroatoms. The monoisotopic (exact) mass is 423 g/mol. The van der Waals surface area contributed by atoms with E-state index in [2.05, 4.69) is 25.7 Å². The molecule has 2 aromatic carbocycles. The number of nitrogens with zero attached hydrogens (tertiary/aromatic N) is 3. The van der Waals surface area contributed by atoms with Crippen molar-refractivity contribution in [2.24, 2.45) is 0 Å². The molecule has 0 unspecified atom stereocenters. The number of aryl methyl sites for hydroxylation is 1. The van der Waals surface area contributed by atoms with Gasteiger partial charge in [0.15, 0.2) is 5.82 Å². The molecule has 154 valence electrons. The number of carbonyl (C=O) groups is 1. The third-order valence-electron chi connectivity index (χ3n) is 4.85. The molecule has 0 radical (unpaired) electrons. The number of halogens is 1. The van der Waals surface area contributed by atoms with Crippen LogP contribution in [-0.4, -0.2) is 42.5 Å². The summed E-state index contributed by atoms with van der Waals surface area (Å²) in [6.07, 6.45) is 0. The third-order valence-corrected chi connectivity index (χ3v) is 5.08. The van der Waals surface area contributed by atoms with Crippen LogP contribution >= 0.6 is 11.6 Å². The number of amides is 2. The summed E-state index contributed by atoms with van der Waals surface area (Å²) >= 11 is 6.02. The Morgan fingerprint density at radius 2 is 1.87 bits per heavy atom. The Bertz CT molecular complexity index is 1040. The number of morpholine rings is 1. The summed E-state index contributed by atoms with van der Waals surface area (Å²) in [4.78, 5) is 14.6. The minimum Gasteiger partial charge on any atom is -0.378 e. The molecule has 0 bridgehead atoms. The summed E-state index contributed by atoms with van der Waals surface area (Å²) in [5, 5.41) is 14.9. The molecule has 1 aliphatic heterocycles. The van der Waals surface area contributed by atoms with Gasteiger partial charge in [0.25, 0.3) is 0 Å². The van der Waals surface area contributed by atoms with Gasteiger partial charge in [-0.1, -0.05) is 29.8 Å². The lowest BCUT2D eigenvalue weighted by Gasteiger charge is -2.27. The van der Waals surface area contributed by atoms with E-state index in [-0.39, 0.29) is 6.03 Å². The van der Waals surface area contributed by atoms with Gasteiger partial charge in [0.1, 0.15) is 0 Å². The van der Waals surface area contributed by atoms with Crippen LogP contribution in [0.5, 0.6) is 0 Å². The molecule has 1 fully saturated rings. The van der Waals surface area contributed by atoms with Gasteiger partial charge in [-0.05, 0) is 48.9 Å². The van der Waals surface area contributed by atoms with Gasteiger partial charge in [0.05, 0.1) is 18.9 Å². The van der Waals surface area contributed by atoms with E-state index in [1.54, 1.807) is 12.1 Å².